The topological polar surface area (TPSA) is 0 Å². The quantitative estimate of drug-likeness (QED) is 0.451. The summed E-state index contributed by atoms with van der Waals surface area (Å²) in [5, 5.41) is 0. The van der Waals surface area contributed by atoms with E-state index in [1.165, 1.54) is 11.6 Å². The molecular weight excluding hydrogens is 355 g/mol. The molecular formula is C28H25F. The molecule has 3 aromatic carbocycles. The van der Waals surface area contributed by atoms with E-state index >= 15 is 0 Å². The van der Waals surface area contributed by atoms with Gasteiger partial charge in [0, 0.05) is 22.3 Å². The van der Waals surface area contributed by atoms with Gasteiger partial charge in [-0.2, -0.15) is 0 Å². The minimum Gasteiger partial charge on any atom is -0.207 e. The van der Waals surface area contributed by atoms with Gasteiger partial charge in [0.15, 0.2) is 0 Å². The Balaban J connectivity index is 1.67. The summed E-state index contributed by atoms with van der Waals surface area (Å²) in [7, 11) is 0. The summed E-state index contributed by atoms with van der Waals surface area (Å²) in [6.45, 7) is 4.25. The smallest absolute Gasteiger partial charge is 0.127 e. The second-order valence-corrected chi connectivity index (χ2v) is 7.04. The van der Waals surface area contributed by atoms with Gasteiger partial charge in [0.05, 0.1) is 0 Å². The largest absolute Gasteiger partial charge is 0.207 e. The van der Waals surface area contributed by atoms with Crippen molar-refractivity contribution in [3.8, 4) is 23.7 Å². The maximum Gasteiger partial charge on any atom is 0.127 e. The molecule has 0 unspecified atom stereocenters. The monoisotopic (exact) mass is 380 g/mol. The molecule has 0 amide bonds. The zero-order valence-electron chi connectivity index (χ0n) is 17.1. The summed E-state index contributed by atoms with van der Waals surface area (Å²) in [4.78, 5) is 0. The molecule has 0 radical (unpaired) electrons. The van der Waals surface area contributed by atoms with Crippen molar-refractivity contribution in [2.75, 3.05) is 0 Å². The van der Waals surface area contributed by atoms with Gasteiger partial charge in [-0.25, -0.2) is 4.39 Å². The number of hydrogen-bond donors (Lipinski definition) is 0. The number of unbranched alkanes of at least 4 members (excludes halogenated alkanes) is 1. The first-order valence-electron chi connectivity index (χ1n) is 10.2. The highest BCUT2D eigenvalue weighted by Crippen LogP contribution is 2.13. The Morgan fingerprint density at radius 2 is 1.14 bits per heavy atom. The van der Waals surface area contributed by atoms with Gasteiger partial charge in [-0.15, -0.1) is 0 Å². The number of aryl methyl sites for hydroxylation is 2. The maximum absolute atomic E-state index is 14.1. The predicted molar refractivity (Wildman–Crippen MR) is 119 cm³/mol. The Morgan fingerprint density at radius 3 is 1.62 bits per heavy atom. The van der Waals surface area contributed by atoms with Crippen LogP contribution >= 0.6 is 0 Å². The van der Waals surface area contributed by atoms with Gasteiger partial charge in [0.25, 0.3) is 0 Å². The lowest BCUT2D eigenvalue weighted by atomic mass is 10.1. The van der Waals surface area contributed by atoms with Gasteiger partial charge in [-0.05, 0) is 78.9 Å². The van der Waals surface area contributed by atoms with Crippen LogP contribution in [0.4, 0.5) is 4.39 Å². The standard InChI is InChI=1S/C28H25F/c1-3-5-6-27-20-19-26(21-28(27)29)18-17-25-15-13-24(14-16-25)12-11-23-9-7-22(4-2)8-10-23/h7-10,13-16,19-21H,3-6H2,1-2H3. The average molecular weight is 381 g/mol. The Hall–Kier alpha value is -3.29. The van der Waals surface area contributed by atoms with Crippen molar-refractivity contribution in [3.63, 3.8) is 0 Å². The molecule has 3 aromatic rings. The molecule has 0 bridgehead atoms. The molecule has 0 fully saturated rings. The molecule has 0 atom stereocenters. The van der Waals surface area contributed by atoms with Gasteiger partial charge in [0.2, 0.25) is 0 Å². The number of benzene rings is 3. The first-order valence-corrected chi connectivity index (χ1v) is 10.2. The Bertz CT molecular complexity index is 1070. The third kappa shape index (κ3) is 6.10. The highest BCUT2D eigenvalue weighted by molar-refractivity contribution is 5.48. The van der Waals surface area contributed by atoms with E-state index < -0.39 is 0 Å². The van der Waals surface area contributed by atoms with Crippen molar-refractivity contribution in [1.82, 2.24) is 0 Å². The highest BCUT2D eigenvalue weighted by atomic mass is 19.1. The Labute approximate surface area is 173 Å². The molecule has 144 valence electrons. The molecule has 3 rings (SSSR count). The average Bonchev–Trinajstić information content (AvgIpc) is 2.76. The SMILES string of the molecule is CCCCc1ccc(C#Cc2ccc(C#Cc3ccc(CC)cc3)cc2)cc1F. The summed E-state index contributed by atoms with van der Waals surface area (Å²) in [6, 6.07) is 21.4. The molecule has 0 saturated carbocycles. The lowest BCUT2D eigenvalue weighted by Crippen LogP contribution is -1.91. The first kappa shape index (κ1) is 20.4. The van der Waals surface area contributed by atoms with E-state index in [-0.39, 0.29) is 5.82 Å². The normalized spacial score (nSPS) is 9.90. The summed E-state index contributed by atoms with van der Waals surface area (Å²) < 4.78 is 14.1. The molecule has 1 heteroatoms. The molecule has 29 heavy (non-hydrogen) atoms. The van der Waals surface area contributed by atoms with Crippen LogP contribution in [0.3, 0.4) is 0 Å². The predicted octanol–water partition coefficient (Wildman–Crippen LogP) is 6.53. The number of hydrogen-bond acceptors (Lipinski definition) is 0. The Morgan fingerprint density at radius 1 is 0.655 bits per heavy atom. The molecule has 0 aliphatic rings. The van der Waals surface area contributed by atoms with Crippen LogP contribution in [0, 0.1) is 29.5 Å². The van der Waals surface area contributed by atoms with Gasteiger partial charge < -0.3 is 0 Å². The molecule has 0 aliphatic heterocycles. The van der Waals surface area contributed by atoms with E-state index in [0.29, 0.717) is 5.56 Å². The first-order chi connectivity index (χ1) is 14.2. The molecule has 0 saturated heterocycles. The van der Waals surface area contributed by atoms with E-state index in [0.717, 1.165) is 47.9 Å². The van der Waals surface area contributed by atoms with Crippen LogP contribution < -0.4 is 0 Å². The van der Waals surface area contributed by atoms with Crippen molar-refractivity contribution >= 4 is 0 Å². The van der Waals surface area contributed by atoms with Crippen LogP contribution in [0.15, 0.2) is 66.7 Å². The Kier molecular flexibility index (Phi) is 7.27. The lowest BCUT2D eigenvalue weighted by molar-refractivity contribution is 0.603. The molecule has 0 aromatic heterocycles. The van der Waals surface area contributed by atoms with Gasteiger partial charge >= 0.3 is 0 Å². The van der Waals surface area contributed by atoms with E-state index in [4.69, 9.17) is 0 Å². The molecule has 0 nitrogen and oxygen atoms in total. The van der Waals surface area contributed by atoms with Crippen molar-refractivity contribution in [1.29, 1.82) is 0 Å². The minimum absolute atomic E-state index is 0.164. The molecule has 0 aliphatic carbocycles. The second kappa shape index (κ2) is 10.3. The van der Waals surface area contributed by atoms with Gasteiger partial charge in [0.1, 0.15) is 5.82 Å². The van der Waals surface area contributed by atoms with E-state index in [1.807, 2.05) is 36.4 Å². The van der Waals surface area contributed by atoms with Gasteiger partial charge in [-0.3, -0.25) is 0 Å². The van der Waals surface area contributed by atoms with Crippen LogP contribution in [0.1, 0.15) is 60.1 Å². The highest BCUT2D eigenvalue weighted by Gasteiger charge is 2.02. The van der Waals surface area contributed by atoms with E-state index in [9.17, 15) is 4.39 Å². The number of rotatable bonds is 4. The zero-order valence-corrected chi connectivity index (χ0v) is 17.1. The van der Waals surface area contributed by atoms with Crippen molar-refractivity contribution in [2.24, 2.45) is 0 Å². The van der Waals surface area contributed by atoms with Crippen LogP contribution in [0.2, 0.25) is 0 Å². The van der Waals surface area contributed by atoms with Crippen LogP contribution in [-0.2, 0) is 12.8 Å². The molecule has 0 heterocycles. The molecule has 0 spiro atoms. The van der Waals surface area contributed by atoms with Crippen molar-refractivity contribution in [2.45, 2.75) is 39.5 Å². The summed E-state index contributed by atoms with van der Waals surface area (Å²) >= 11 is 0. The lowest BCUT2D eigenvalue weighted by Gasteiger charge is -2.02. The fourth-order valence-corrected chi connectivity index (χ4v) is 2.94. The summed E-state index contributed by atoms with van der Waals surface area (Å²) in [5.74, 6) is 12.4. The zero-order chi connectivity index (χ0) is 20.5. The van der Waals surface area contributed by atoms with Crippen LogP contribution in [-0.4, -0.2) is 0 Å². The van der Waals surface area contributed by atoms with E-state index in [1.54, 1.807) is 0 Å². The van der Waals surface area contributed by atoms with Crippen molar-refractivity contribution in [3.05, 3.63) is 106 Å². The fourth-order valence-electron chi connectivity index (χ4n) is 2.94. The maximum atomic E-state index is 14.1. The summed E-state index contributed by atoms with van der Waals surface area (Å²) in [5.41, 5.74) is 5.62. The fraction of sp³-hybridized carbons (Fsp3) is 0.214. The van der Waals surface area contributed by atoms with Crippen LogP contribution in [0.25, 0.3) is 0 Å². The number of halogens is 1. The van der Waals surface area contributed by atoms with E-state index in [2.05, 4.69) is 61.8 Å². The third-order valence-electron chi connectivity index (χ3n) is 4.80. The second-order valence-electron chi connectivity index (χ2n) is 7.04. The van der Waals surface area contributed by atoms with Crippen LogP contribution in [0.5, 0.6) is 0 Å². The van der Waals surface area contributed by atoms with Gasteiger partial charge in [-0.1, -0.05) is 62.1 Å². The minimum atomic E-state index is -0.164. The van der Waals surface area contributed by atoms with Crippen molar-refractivity contribution < 1.29 is 4.39 Å². The summed E-state index contributed by atoms with van der Waals surface area (Å²) in [6.07, 6.45) is 3.88. The molecule has 0 N–H and O–H groups in total. The third-order valence-corrected chi connectivity index (χ3v) is 4.80.